The second-order valence-electron chi connectivity index (χ2n) is 8.07. The van der Waals surface area contributed by atoms with Gasteiger partial charge in [-0.2, -0.15) is 10.2 Å². The third-order valence-corrected chi connectivity index (χ3v) is 6.72. The fraction of sp³-hybridized carbons (Fsp3) is 0.650. The van der Waals surface area contributed by atoms with Crippen LogP contribution in [-0.2, 0) is 24.4 Å². The van der Waals surface area contributed by atoms with Crippen molar-refractivity contribution in [1.82, 2.24) is 29.4 Å². The number of piperazine rings is 1. The Hall–Kier alpha value is -1.81. The Morgan fingerprint density at radius 2 is 1.93 bits per heavy atom. The molecule has 0 bridgehead atoms. The van der Waals surface area contributed by atoms with Gasteiger partial charge in [0.15, 0.2) is 0 Å². The molecule has 10 heteroatoms. The number of halogens is 3. The molecule has 0 spiro atoms. The number of carbonyl (C=O) groups is 1. The number of rotatable bonds is 7. The molecule has 2 aromatic rings. The van der Waals surface area contributed by atoms with Gasteiger partial charge in [0, 0.05) is 56.9 Å². The first kappa shape index (κ1) is 21.4. The van der Waals surface area contributed by atoms with Gasteiger partial charge in [-0.15, -0.1) is 0 Å². The molecule has 164 valence electrons. The lowest BCUT2D eigenvalue weighted by Crippen LogP contribution is -2.49. The van der Waals surface area contributed by atoms with Crippen molar-refractivity contribution in [1.29, 1.82) is 0 Å². The monoisotopic (exact) mass is 484 g/mol. The molecule has 0 unspecified atom stereocenters. The number of aromatic nitrogens is 4. The maximum atomic E-state index is 13.3. The van der Waals surface area contributed by atoms with Gasteiger partial charge in [0.05, 0.1) is 15.9 Å². The van der Waals surface area contributed by atoms with Crippen LogP contribution in [0.15, 0.2) is 10.7 Å². The van der Waals surface area contributed by atoms with Crippen LogP contribution in [0.4, 0.5) is 8.78 Å². The van der Waals surface area contributed by atoms with E-state index in [9.17, 15) is 13.6 Å². The Kier molecular flexibility index (Phi) is 6.24. The van der Waals surface area contributed by atoms with E-state index in [4.69, 9.17) is 0 Å². The minimum atomic E-state index is -2.66. The molecule has 4 rings (SSSR count). The Morgan fingerprint density at radius 1 is 1.23 bits per heavy atom. The van der Waals surface area contributed by atoms with Crippen LogP contribution in [0.5, 0.6) is 0 Å². The smallest absolute Gasteiger partial charge is 0.283 e. The topological polar surface area (TPSA) is 59.2 Å². The second kappa shape index (κ2) is 8.74. The summed E-state index contributed by atoms with van der Waals surface area (Å²) in [5.74, 6) is 0.152. The van der Waals surface area contributed by atoms with Crippen LogP contribution in [0.3, 0.4) is 0 Å². The van der Waals surface area contributed by atoms with Crippen molar-refractivity contribution in [3.05, 3.63) is 33.3 Å². The first-order chi connectivity index (χ1) is 14.4. The molecule has 0 radical (unpaired) electrons. The largest absolute Gasteiger partial charge is 0.339 e. The molecule has 1 aliphatic heterocycles. The predicted octanol–water partition coefficient (Wildman–Crippen LogP) is 3.33. The molecular weight excluding hydrogens is 458 g/mol. The van der Waals surface area contributed by atoms with Crippen LogP contribution in [-0.4, -0.2) is 61.4 Å². The van der Waals surface area contributed by atoms with Crippen molar-refractivity contribution in [2.75, 3.05) is 26.2 Å². The zero-order chi connectivity index (χ0) is 21.4. The molecule has 3 heterocycles. The number of hydrogen-bond acceptors (Lipinski definition) is 4. The highest BCUT2D eigenvalue weighted by atomic mass is 79.9. The number of aryl methyl sites for hydroxylation is 2. The van der Waals surface area contributed by atoms with Crippen LogP contribution < -0.4 is 0 Å². The van der Waals surface area contributed by atoms with E-state index in [-0.39, 0.29) is 24.1 Å². The third kappa shape index (κ3) is 4.44. The number of carbonyl (C=O) groups excluding carboxylic acids is 1. The SMILES string of the molecule is CCn1cc(CN2CCN(C(=O)Cn3nc(C(F)F)c(Br)c3C3CC3)CC2)c(C)n1. The lowest BCUT2D eigenvalue weighted by atomic mass is 10.2. The van der Waals surface area contributed by atoms with E-state index in [2.05, 4.69) is 44.1 Å². The second-order valence-corrected chi connectivity index (χ2v) is 8.86. The highest BCUT2D eigenvalue weighted by molar-refractivity contribution is 9.10. The summed E-state index contributed by atoms with van der Waals surface area (Å²) in [6, 6.07) is 0. The maximum Gasteiger partial charge on any atom is 0.283 e. The van der Waals surface area contributed by atoms with Gasteiger partial charge < -0.3 is 4.90 Å². The van der Waals surface area contributed by atoms with Crippen LogP contribution >= 0.6 is 15.9 Å². The molecule has 2 fully saturated rings. The van der Waals surface area contributed by atoms with Crippen LogP contribution in [0.25, 0.3) is 0 Å². The molecule has 7 nitrogen and oxygen atoms in total. The number of hydrogen-bond donors (Lipinski definition) is 0. The summed E-state index contributed by atoms with van der Waals surface area (Å²) >= 11 is 3.28. The molecule has 2 aliphatic rings. The molecule has 2 aromatic heterocycles. The summed E-state index contributed by atoms with van der Waals surface area (Å²) in [4.78, 5) is 17.0. The molecule has 0 atom stereocenters. The summed E-state index contributed by atoms with van der Waals surface area (Å²) in [5, 5.41) is 8.54. The molecule has 30 heavy (non-hydrogen) atoms. The Balaban J connectivity index is 1.36. The van der Waals surface area contributed by atoms with Gasteiger partial charge in [-0.25, -0.2) is 8.78 Å². The maximum absolute atomic E-state index is 13.3. The summed E-state index contributed by atoms with van der Waals surface area (Å²) in [6.45, 7) is 8.59. The van der Waals surface area contributed by atoms with Gasteiger partial charge in [0.2, 0.25) is 5.91 Å². The van der Waals surface area contributed by atoms with Crippen LogP contribution in [0.2, 0.25) is 0 Å². The molecule has 1 saturated heterocycles. The van der Waals surface area contributed by atoms with E-state index in [0.29, 0.717) is 17.6 Å². The molecule has 0 N–H and O–H groups in total. The highest BCUT2D eigenvalue weighted by Gasteiger charge is 2.34. The van der Waals surface area contributed by atoms with E-state index in [1.54, 1.807) is 0 Å². The number of alkyl halides is 2. The summed E-state index contributed by atoms with van der Waals surface area (Å²) in [7, 11) is 0. The van der Waals surface area contributed by atoms with Crippen molar-refractivity contribution in [3.8, 4) is 0 Å². The van der Waals surface area contributed by atoms with Gasteiger partial charge in [0.1, 0.15) is 12.2 Å². The molecule has 0 aromatic carbocycles. The third-order valence-electron chi connectivity index (χ3n) is 5.90. The van der Waals surface area contributed by atoms with E-state index >= 15 is 0 Å². The minimum Gasteiger partial charge on any atom is -0.339 e. The van der Waals surface area contributed by atoms with Crippen molar-refractivity contribution in [2.45, 2.75) is 58.7 Å². The van der Waals surface area contributed by atoms with Gasteiger partial charge in [-0.1, -0.05) is 0 Å². The van der Waals surface area contributed by atoms with Crippen molar-refractivity contribution in [3.63, 3.8) is 0 Å². The Labute approximate surface area is 183 Å². The van der Waals surface area contributed by atoms with Crippen LogP contribution in [0.1, 0.15) is 54.8 Å². The molecule has 1 aliphatic carbocycles. The average molecular weight is 485 g/mol. The fourth-order valence-electron chi connectivity index (χ4n) is 3.98. The quantitative estimate of drug-likeness (QED) is 0.604. The summed E-state index contributed by atoms with van der Waals surface area (Å²) in [6.07, 6.45) is 1.33. The molecular formula is C20H27BrF2N6O. The van der Waals surface area contributed by atoms with Crippen molar-refractivity contribution < 1.29 is 13.6 Å². The van der Waals surface area contributed by atoms with Gasteiger partial charge in [-0.3, -0.25) is 19.1 Å². The van der Waals surface area contributed by atoms with Crippen molar-refractivity contribution in [2.24, 2.45) is 0 Å². The zero-order valence-corrected chi connectivity index (χ0v) is 18.9. The first-order valence-corrected chi connectivity index (χ1v) is 11.2. The average Bonchev–Trinajstić information content (AvgIpc) is 3.41. The molecule has 1 amide bonds. The normalized spacial score (nSPS) is 17.9. The fourth-order valence-corrected chi connectivity index (χ4v) is 4.76. The van der Waals surface area contributed by atoms with E-state index in [1.165, 1.54) is 10.2 Å². The summed E-state index contributed by atoms with van der Waals surface area (Å²) in [5.41, 5.74) is 2.73. The highest BCUT2D eigenvalue weighted by Crippen LogP contribution is 2.45. The van der Waals surface area contributed by atoms with Gasteiger partial charge >= 0.3 is 0 Å². The van der Waals surface area contributed by atoms with E-state index < -0.39 is 6.43 Å². The number of amides is 1. The first-order valence-electron chi connectivity index (χ1n) is 10.4. The lowest BCUT2D eigenvalue weighted by molar-refractivity contribution is -0.133. The van der Waals surface area contributed by atoms with E-state index in [0.717, 1.165) is 50.4 Å². The van der Waals surface area contributed by atoms with Gasteiger partial charge in [0.25, 0.3) is 6.43 Å². The zero-order valence-electron chi connectivity index (χ0n) is 17.3. The van der Waals surface area contributed by atoms with E-state index in [1.807, 2.05) is 16.5 Å². The lowest BCUT2D eigenvalue weighted by Gasteiger charge is -2.34. The van der Waals surface area contributed by atoms with Crippen molar-refractivity contribution >= 4 is 21.8 Å². The Morgan fingerprint density at radius 3 is 2.50 bits per heavy atom. The van der Waals surface area contributed by atoms with Crippen LogP contribution in [0, 0.1) is 6.92 Å². The standard InChI is InChI=1S/C20H27BrF2N6O/c1-3-28-11-15(13(2)24-28)10-26-6-8-27(9-7-26)16(30)12-29-19(14-4-5-14)17(21)18(25-29)20(22)23/h11,14,20H,3-10,12H2,1-2H3. The number of nitrogens with zero attached hydrogens (tertiary/aromatic N) is 6. The van der Waals surface area contributed by atoms with Gasteiger partial charge in [-0.05, 0) is 42.6 Å². The molecule has 1 saturated carbocycles. The summed E-state index contributed by atoms with van der Waals surface area (Å²) < 4.78 is 30.3. The Bertz CT molecular complexity index is 915. The predicted molar refractivity (Wildman–Crippen MR) is 111 cm³/mol. The minimum absolute atomic E-state index is 0.0134.